The number of benzene rings is 1. The van der Waals surface area contributed by atoms with Crippen LogP contribution in [0, 0.1) is 0 Å². The highest BCUT2D eigenvalue weighted by atomic mass is 19.4. The van der Waals surface area contributed by atoms with E-state index in [0.717, 1.165) is 10.9 Å². The molecule has 0 saturated heterocycles. The van der Waals surface area contributed by atoms with E-state index < -0.39 is 24.2 Å². The molecule has 2 heterocycles. The maximum atomic E-state index is 13.6. The Labute approximate surface area is 147 Å². The van der Waals surface area contributed by atoms with Gasteiger partial charge in [-0.1, -0.05) is 12.1 Å². The van der Waals surface area contributed by atoms with E-state index in [2.05, 4.69) is 10.4 Å². The lowest BCUT2D eigenvalue weighted by Crippen LogP contribution is -2.36. The molecule has 0 fully saturated rings. The lowest BCUT2D eigenvalue weighted by atomic mass is 9.96. The topological polar surface area (TPSA) is 65.4 Å². The fourth-order valence-corrected chi connectivity index (χ4v) is 2.98. The lowest BCUT2D eigenvalue weighted by Gasteiger charge is -2.34. The van der Waals surface area contributed by atoms with Crippen molar-refractivity contribution >= 4 is 11.8 Å². The Morgan fingerprint density at radius 3 is 2.62 bits per heavy atom. The predicted molar refractivity (Wildman–Crippen MR) is 87.3 cm³/mol. The molecular formula is C17H18F3N3O3. The van der Waals surface area contributed by atoms with Gasteiger partial charge in [-0.25, -0.2) is 9.48 Å². The van der Waals surface area contributed by atoms with E-state index >= 15 is 0 Å². The molecular weight excluding hydrogens is 351 g/mol. The van der Waals surface area contributed by atoms with Crippen LogP contribution < -0.4 is 10.1 Å². The first kappa shape index (κ1) is 18.1. The Morgan fingerprint density at radius 2 is 2.04 bits per heavy atom. The number of nitrogens with one attached hydrogen (secondary N) is 1. The summed E-state index contributed by atoms with van der Waals surface area (Å²) in [7, 11) is 1.51. The van der Waals surface area contributed by atoms with Crippen molar-refractivity contribution < 1.29 is 27.4 Å². The van der Waals surface area contributed by atoms with Gasteiger partial charge >= 0.3 is 12.1 Å². The van der Waals surface area contributed by atoms with Gasteiger partial charge in [0.05, 0.1) is 26.0 Å². The average Bonchev–Trinajstić information content (AvgIpc) is 3.04. The molecule has 26 heavy (non-hydrogen) atoms. The average molecular weight is 369 g/mol. The predicted octanol–water partition coefficient (Wildman–Crippen LogP) is 3.73. The molecule has 1 aromatic heterocycles. The van der Waals surface area contributed by atoms with Gasteiger partial charge in [-0.15, -0.1) is 0 Å². The highest BCUT2D eigenvalue weighted by Gasteiger charge is 2.47. The third-order valence-electron chi connectivity index (χ3n) is 4.25. The number of carbonyl (C=O) groups is 1. The summed E-state index contributed by atoms with van der Waals surface area (Å²) in [5.74, 6) is -0.0930. The van der Waals surface area contributed by atoms with E-state index in [1.807, 2.05) is 0 Å². The molecule has 3 rings (SSSR count). The minimum absolute atomic E-state index is 0.0119. The third kappa shape index (κ3) is 3.33. The van der Waals surface area contributed by atoms with Gasteiger partial charge in [0, 0.05) is 6.42 Å². The molecule has 1 aliphatic heterocycles. The van der Waals surface area contributed by atoms with Crippen molar-refractivity contribution in [2.24, 2.45) is 0 Å². The second-order valence-electron chi connectivity index (χ2n) is 5.84. The number of anilines is 1. The number of hydrogen-bond donors (Lipinski definition) is 1. The van der Waals surface area contributed by atoms with Crippen LogP contribution in [0.4, 0.5) is 19.0 Å². The molecule has 0 saturated carbocycles. The summed E-state index contributed by atoms with van der Waals surface area (Å²) >= 11 is 0. The summed E-state index contributed by atoms with van der Waals surface area (Å²) in [5.41, 5.74) is 0.640. The maximum Gasteiger partial charge on any atom is 0.410 e. The second-order valence-corrected chi connectivity index (χ2v) is 5.84. The van der Waals surface area contributed by atoms with E-state index in [-0.39, 0.29) is 24.4 Å². The normalized spacial score (nSPS) is 19.4. The number of methoxy groups -OCH3 is 1. The van der Waals surface area contributed by atoms with E-state index in [0.29, 0.717) is 11.3 Å². The fourth-order valence-electron chi connectivity index (χ4n) is 2.98. The first-order chi connectivity index (χ1) is 12.3. The highest BCUT2D eigenvalue weighted by Crippen LogP contribution is 2.44. The number of alkyl halides is 3. The summed E-state index contributed by atoms with van der Waals surface area (Å²) in [5, 5.41) is 6.78. The van der Waals surface area contributed by atoms with Gasteiger partial charge in [-0.05, 0) is 24.6 Å². The van der Waals surface area contributed by atoms with Crippen molar-refractivity contribution in [1.29, 1.82) is 0 Å². The molecule has 0 aliphatic carbocycles. The molecule has 1 aromatic carbocycles. The number of fused-ring (bicyclic) bond motifs is 1. The Bertz CT molecular complexity index is 787. The zero-order chi connectivity index (χ0) is 18.9. The molecule has 140 valence electrons. The van der Waals surface area contributed by atoms with E-state index in [1.54, 1.807) is 31.2 Å². The Kier molecular flexibility index (Phi) is 4.80. The van der Waals surface area contributed by atoms with Crippen LogP contribution in [0.15, 0.2) is 30.5 Å². The van der Waals surface area contributed by atoms with Gasteiger partial charge in [0.2, 0.25) is 0 Å². The third-order valence-corrected chi connectivity index (χ3v) is 4.25. The van der Waals surface area contributed by atoms with Gasteiger partial charge in [0.1, 0.15) is 17.1 Å². The van der Waals surface area contributed by atoms with Crippen molar-refractivity contribution in [1.82, 2.24) is 9.78 Å². The van der Waals surface area contributed by atoms with Crippen molar-refractivity contribution in [3.8, 4) is 5.75 Å². The maximum absolute atomic E-state index is 13.6. The summed E-state index contributed by atoms with van der Waals surface area (Å²) in [6.45, 7) is 1.74. The van der Waals surface area contributed by atoms with Crippen LogP contribution in [-0.4, -0.2) is 35.6 Å². The Morgan fingerprint density at radius 1 is 1.35 bits per heavy atom. The van der Waals surface area contributed by atoms with E-state index in [1.165, 1.54) is 7.11 Å². The molecule has 2 aromatic rings. The zero-order valence-electron chi connectivity index (χ0n) is 14.2. The minimum atomic E-state index is -4.50. The van der Waals surface area contributed by atoms with Gasteiger partial charge < -0.3 is 14.8 Å². The first-order valence-corrected chi connectivity index (χ1v) is 8.07. The summed E-state index contributed by atoms with van der Waals surface area (Å²) < 4.78 is 51.5. The number of carbonyl (C=O) groups excluding carboxylic acids is 1. The standard InChI is InChI=1S/C17H18F3N3O3/c1-3-26-16(24)12-9-21-23-14(17(18,19)20)8-13(22-15(12)23)10-4-6-11(25-2)7-5-10/h4-7,9,13-14,22H,3,8H2,1-2H3/t13-,14-/m1/s1. The molecule has 9 heteroatoms. The Hall–Kier alpha value is -2.71. The largest absolute Gasteiger partial charge is 0.497 e. The fraction of sp³-hybridized carbons (Fsp3) is 0.412. The molecule has 6 nitrogen and oxygen atoms in total. The van der Waals surface area contributed by atoms with Crippen LogP contribution in [0.25, 0.3) is 0 Å². The van der Waals surface area contributed by atoms with Crippen LogP contribution in [0.1, 0.15) is 41.3 Å². The molecule has 1 N–H and O–H groups in total. The summed E-state index contributed by atoms with van der Waals surface area (Å²) in [6, 6.07) is 4.27. The Balaban J connectivity index is 1.99. The van der Waals surface area contributed by atoms with Gasteiger partial charge in [-0.3, -0.25) is 0 Å². The van der Waals surface area contributed by atoms with Crippen molar-refractivity contribution in [3.63, 3.8) is 0 Å². The van der Waals surface area contributed by atoms with Crippen molar-refractivity contribution in [3.05, 3.63) is 41.6 Å². The molecule has 0 bridgehead atoms. The van der Waals surface area contributed by atoms with E-state index in [4.69, 9.17) is 9.47 Å². The summed E-state index contributed by atoms with van der Waals surface area (Å²) in [4.78, 5) is 12.0. The molecule has 2 atom stereocenters. The van der Waals surface area contributed by atoms with Gasteiger partial charge in [0.25, 0.3) is 0 Å². The molecule has 0 amide bonds. The second kappa shape index (κ2) is 6.89. The summed E-state index contributed by atoms with van der Waals surface area (Å²) in [6.07, 6.45) is -3.64. The number of rotatable bonds is 4. The van der Waals surface area contributed by atoms with Crippen LogP contribution >= 0.6 is 0 Å². The number of halogens is 3. The monoisotopic (exact) mass is 369 g/mol. The zero-order valence-corrected chi connectivity index (χ0v) is 14.2. The number of aromatic nitrogens is 2. The minimum Gasteiger partial charge on any atom is -0.497 e. The molecule has 0 unspecified atom stereocenters. The number of nitrogens with zero attached hydrogens (tertiary/aromatic N) is 2. The van der Waals surface area contributed by atoms with Gasteiger partial charge in [0.15, 0.2) is 6.04 Å². The lowest BCUT2D eigenvalue weighted by molar-refractivity contribution is -0.173. The van der Waals surface area contributed by atoms with Crippen molar-refractivity contribution in [2.45, 2.75) is 31.6 Å². The molecule has 0 spiro atoms. The van der Waals surface area contributed by atoms with Crippen molar-refractivity contribution in [2.75, 3.05) is 19.0 Å². The van der Waals surface area contributed by atoms with Crippen LogP contribution in [-0.2, 0) is 4.74 Å². The number of esters is 1. The molecule has 0 radical (unpaired) electrons. The number of ether oxygens (including phenoxy) is 2. The van der Waals surface area contributed by atoms with Gasteiger partial charge in [-0.2, -0.15) is 18.3 Å². The van der Waals surface area contributed by atoms with Crippen LogP contribution in [0.3, 0.4) is 0 Å². The van der Waals surface area contributed by atoms with E-state index in [9.17, 15) is 18.0 Å². The smallest absolute Gasteiger partial charge is 0.410 e. The SMILES string of the molecule is CCOC(=O)c1cnn2c1N[C@@H](c1ccc(OC)cc1)C[C@@H]2C(F)(F)F. The number of hydrogen-bond acceptors (Lipinski definition) is 5. The van der Waals surface area contributed by atoms with Crippen LogP contribution in [0.2, 0.25) is 0 Å². The van der Waals surface area contributed by atoms with Crippen LogP contribution in [0.5, 0.6) is 5.75 Å². The molecule has 1 aliphatic rings. The first-order valence-electron chi connectivity index (χ1n) is 8.07. The quantitative estimate of drug-likeness (QED) is 0.832. The highest BCUT2D eigenvalue weighted by molar-refractivity contribution is 5.94.